The molecule has 88 valence electrons. The molecule has 0 amide bonds. The summed E-state index contributed by atoms with van der Waals surface area (Å²) in [6.45, 7) is 0.795. The van der Waals surface area contributed by atoms with Crippen LogP contribution in [0.3, 0.4) is 0 Å². The highest BCUT2D eigenvalue weighted by Crippen LogP contribution is 2.20. The van der Waals surface area contributed by atoms with Crippen molar-refractivity contribution in [2.24, 2.45) is 0 Å². The predicted octanol–water partition coefficient (Wildman–Crippen LogP) is 2.95. The second-order valence-electron chi connectivity index (χ2n) is 3.69. The van der Waals surface area contributed by atoms with Gasteiger partial charge in [0, 0.05) is 18.9 Å². The van der Waals surface area contributed by atoms with Gasteiger partial charge in [-0.25, -0.2) is 0 Å². The van der Waals surface area contributed by atoms with E-state index in [-0.39, 0.29) is 6.61 Å². The van der Waals surface area contributed by atoms with E-state index < -0.39 is 0 Å². The minimum Gasteiger partial charge on any atom is -0.392 e. The molecule has 0 bridgehead atoms. The summed E-state index contributed by atoms with van der Waals surface area (Å²) in [6.07, 6.45) is 3.50. The number of aliphatic hydroxyl groups is 1. The summed E-state index contributed by atoms with van der Waals surface area (Å²) in [6, 6.07) is 9.79. The first-order chi connectivity index (χ1) is 8.29. The minimum atomic E-state index is 0.0762. The van der Waals surface area contributed by atoms with E-state index in [4.69, 9.17) is 5.11 Å². The molecule has 0 aliphatic heterocycles. The fourth-order valence-corrected chi connectivity index (χ4v) is 1.94. The third-order valence-electron chi connectivity index (χ3n) is 2.43. The molecular formula is C13H13BrN2O. The Labute approximate surface area is 109 Å². The van der Waals surface area contributed by atoms with Crippen molar-refractivity contribution < 1.29 is 5.11 Å². The Kier molecular flexibility index (Phi) is 4.12. The Morgan fingerprint density at radius 2 is 2.06 bits per heavy atom. The number of nitrogens with one attached hydrogen (secondary N) is 1. The lowest BCUT2D eigenvalue weighted by atomic mass is 10.1. The first-order valence-electron chi connectivity index (χ1n) is 5.31. The summed E-state index contributed by atoms with van der Waals surface area (Å²) in [5.74, 6) is 0. The number of aromatic nitrogens is 1. The van der Waals surface area contributed by atoms with Crippen molar-refractivity contribution in [2.45, 2.75) is 13.2 Å². The number of hydrogen-bond donors (Lipinski definition) is 2. The number of nitrogens with zero attached hydrogens (tertiary/aromatic N) is 1. The summed E-state index contributed by atoms with van der Waals surface area (Å²) in [7, 11) is 0. The smallest absolute Gasteiger partial charge is 0.0681 e. The summed E-state index contributed by atoms with van der Waals surface area (Å²) >= 11 is 3.43. The lowest BCUT2D eigenvalue weighted by Gasteiger charge is -2.08. The number of hydrogen-bond acceptors (Lipinski definition) is 3. The fourth-order valence-electron chi connectivity index (χ4n) is 1.55. The van der Waals surface area contributed by atoms with Gasteiger partial charge in [-0.15, -0.1) is 0 Å². The van der Waals surface area contributed by atoms with Crippen LogP contribution < -0.4 is 5.32 Å². The van der Waals surface area contributed by atoms with Crippen molar-refractivity contribution in [2.75, 3.05) is 5.32 Å². The standard InChI is InChI=1S/C13H13BrN2O/c14-12-8-15-5-4-13(12)16-7-10-2-1-3-11(6-10)9-17/h1-6,8,17H,7,9H2,(H,15,16). The molecule has 0 atom stereocenters. The molecule has 0 radical (unpaired) electrons. The number of aliphatic hydroxyl groups excluding tert-OH is 1. The Balaban J connectivity index is 2.05. The van der Waals surface area contributed by atoms with Crippen LogP contribution >= 0.6 is 15.9 Å². The van der Waals surface area contributed by atoms with E-state index in [1.165, 1.54) is 0 Å². The molecule has 2 N–H and O–H groups in total. The van der Waals surface area contributed by atoms with Crippen LogP contribution in [0.4, 0.5) is 5.69 Å². The first-order valence-corrected chi connectivity index (χ1v) is 6.11. The molecule has 2 aromatic rings. The molecule has 3 nitrogen and oxygen atoms in total. The van der Waals surface area contributed by atoms with Crippen LogP contribution in [0.2, 0.25) is 0 Å². The summed E-state index contributed by atoms with van der Waals surface area (Å²) in [5.41, 5.74) is 3.08. The second kappa shape index (κ2) is 5.80. The van der Waals surface area contributed by atoms with E-state index in [0.717, 1.165) is 27.8 Å². The first kappa shape index (κ1) is 12.1. The molecule has 0 spiro atoms. The molecule has 2 rings (SSSR count). The van der Waals surface area contributed by atoms with Crippen LogP contribution in [-0.2, 0) is 13.2 Å². The van der Waals surface area contributed by atoms with Crippen molar-refractivity contribution in [3.63, 3.8) is 0 Å². The highest BCUT2D eigenvalue weighted by atomic mass is 79.9. The van der Waals surface area contributed by atoms with E-state index in [2.05, 4.69) is 26.2 Å². The van der Waals surface area contributed by atoms with E-state index in [1.54, 1.807) is 12.4 Å². The third-order valence-corrected chi connectivity index (χ3v) is 3.06. The molecule has 0 saturated carbocycles. The summed E-state index contributed by atoms with van der Waals surface area (Å²) in [5, 5.41) is 12.4. The summed E-state index contributed by atoms with van der Waals surface area (Å²) in [4.78, 5) is 4.01. The minimum absolute atomic E-state index is 0.0762. The van der Waals surface area contributed by atoms with Crippen LogP contribution in [0.1, 0.15) is 11.1 Å². The van der Waals surface area contributed by atoms with Gasteiger partial charge in [-0.3, -0.25) is 4.98 Å². The van der Waals surface area contributed by atoms with Crippen LogP contribution in [-0.4, -0.2) is 10.1 Å². The van der Waals surface area contributed by atoms with Gasteiger partial charge in [0.15, 0.2) is 0 Å². The molecule has 0 aliphatic rings. The molecular weight excluding hydrogens is 280 g/mol. The Morgan fingerprint density at radius 1 is 1.24 bits per heavy atom. The topological polar surface area (TPSA) is 45.1 Å². The van der Waals surface area contributed by atoms with Crippen molar-refractivity contribution in [3.8, 4) is 0 Å². The Bertz CT molecular complexity index is 502. The van der Waals surface area contributed by atoms with Crippen LogP contribution in [0.15, 0.2) is 47.2 Å². The lowest BCUT2D eigenvalue weighted by molar-refractivity contribution is 0.281. The average molecular weight is 293 g/mol. The zero-order valence-corrected chi connectivity index (χ0v) is 10.8. The zero-order chi connectivity index (χ0) is 12.1. The fraction of sp³-hybridized carbons (Fsp3) is 0.154. The molecule has 0 aliphatic carbocycles. The molecule has 0 saturated heterocycles. The van der Waals surface area contributed by atoms with Gasteiger partial charge in [0.2, 0.25) is 0 Å². The van der Waals surface area contributed by atoms with Gasteiger partial charge in [0.05, 0.1) is 16.8 Å². The monoisotopic (exact) mass is 292 g/mol. The van der Waals surface area contributed by atoms with E-state index >= 15 is 0 Å². The van der Waals surface area contributed by atoms with Crippen molar-refractivity contribution in [1.29, 1.82) is 0 Å². The maximum absolute atomic E-state index is 9.06. The molecule has 0 unspecified atom stereocenters. The third kappa shape index (κ3) is 3.28. The number of rotatable bonds is 4. The molecule has 4 heteroatoms. The zero-order valence-electron chi connectivity index (χ0n) is 9.23. The highest BCUT2D eigenvalue weighted by molar-refractivity contribution is 9.10. The van der Waals surface area contributed by atoms with Crippen LogP contribution in [0, 0.1) is 0 Å². The van der Waals surface area contributed by atoms with Gasteiger partial charge in [-0.05, 0) is 33.1 Å². The van der Waals surface area contributed by atoms with Gasteiger partial charge in [0.25, 0.3) is 0 Å². The van der Waals surface area contributed by atoms with Crippen molar-refractivity contribution in [1.82, 2.24) is 4.98 Å². The van der Waals surface area contributed by atoms with Gasteiger partial charge in [-0.1, -0.05) is 24.3 Å². The highest BCUT2D eigenvalue weighted by Gasteiger charge is 1.99. The van der Waals surface area contributed by atoms with Crippen molar-refractivity contribution >= 4 is 21.6 Å². The molecule has 1 heterocycles. The SMILES string of the molecule is OCc1cccc(CNc2ccncc2Br)c1. The maximum Gasteiger partial charge on any atom is 0.0681 e. The molecule has 0 fully saturated rings. The molecule has 1 aromatic heterocycles. The number of anilines is 1. The normalized spacial score (nSPS) is 10.2. The Hall–Kier alpha value is -1.39. The largest absolute Gasteiger partial charge is 0.392 e. The number of pyridine rings is 1. The van der Waals surface area contributed by atoms with E-state index in [1.807, 2.05) is 30.3 Å². The molecule has 1 aromatic carbocycles. The lowest BCUT2D eigenvalue weighted by Crippen LogP contribution is -2.00. The quantitative estimate of drug-likeness (QED) is 0.911. The van der Waals surface area contributed by atoms with E-state index in [0.29, 0.717) is 0 Å². The molecule has 17 heavy (non-hydrogen) atoms. The van der Waals surface area contributed by atoms with Gasteiger partial charge < -0.3 is 10.4 Å². The van der Waals surface area contributed by atoms with Crippen LogP contribution in [0.25, 0.3) is 0 Å². The number of benzene rings is 1. The van der Waals surface area contributed by atoms with Gasteiger partial charge in [-0.2, -0.15) is 0 Å². The van der Waals surface area contributed by atoms with E-state index in [9.17, 15) is 0 Å². The maximum atomic E-state index is 9.06. The Morgan fingerprint density at radius 3 is 2.82 bits per heavy atom. The average Bonchev–Trinajstić information content (AvgIpc) is 2.38. The van der Waals surface area contributed by atoms with Crippen LogP contribution in [0.5, 0.6) is 0 Å². The van der Waals surface area contributed by atoms with Gasteiger partial charge in [0.1, 0.15) is 0 Å². The second-order valence-corrected chi connectivity index (χ2v) is 4.54. The predicted molar refractivity (Wildman–Crippen MR) is 71.6 cm³/mol. The number of halogens is 1. The van der Waals surface area contributed by atoms with Gasteiger partial charge >= 0.3 is 0 Å². The van der Waals surface area contributed by atoms with Crippen molar-refractivity contribution in [3.05, 3.63) is 58.3 Å². The summed E-state index contributed by atoms with van der Waals surface area (Å²) < 4.78 is 0.943.